The van der Waals surface area contributed by atoms with Crippen LogP contribution in [0.3, 0.4) is 0 Å². The van der Waals surface area contributed by atoms with Crippen molar-refractivity contribution in [2.75, 3.05) is 20.2 Å². The zero-order chi connectivity index (χ0) is 17.6. The first kappa shape index (κ1) is 16.5. The van der Waals surface area contributed by atoms with Crippen LogP contribution in [0.1, 0.15) is 24.5 Å². The van der Waals surface area contributed by atoms with Crippen LogP contribution >= 0.6 is 0 Å². The highest BCUT2D eigenvalue weighted by atomic mass is 16.5. The van der Waals surface area contributed by atoms with Gasteiger partial charge in [-0.15, -0.1) is 6.58 Å². The van der Waals surface area contributed by atoms with Crippen molar-refractivity contribution in [1.29, 1.82) is 0 Å². The number of rotatable bonds is 4. The maximum atomic E-state index is 11.2. The van der Waals surface area contributed by atoms with Gasteiger partial charge in [-0.2, -0.15) is 0 Å². The van der Waals surface area contributed by atoms with Gasteiger partial charge < -0.3 is 19.8 Å². The second-order valence-electron chi connectivity index (χ2n) is 7.34. The fourth-order valence-electron chi connectivity index (χ4n) is 4.66. The monoisotopic (exact) mass is 341 g/mol. The normalized spacial score (nSPS) is 32.5. The molecular formula is C20H25N2O3+. The molecule has 132 valence electrons. The highest BCUT2D eigenvalue weighted by Gasteiger charge is 2.53. The summed E-state index contributed by atoms with van der Waals surface area (Å²) in [6.45, 7) is 5.42. The number of aliphatic hydroxyl groups excluding tert-OH is 1. The van der Waals surface area contributed by atoms with E-state index in [9.17, 15) is 10.2 Å². The Morgan fingerprint density at radius 2 is 2.28 bits per heavy atom. The Balaban J connectivity index is 1.69. The van der Waals surface area contributed by atoms with Crippen molar-refractivity contribution in [3.05, 3.63) is 48.7 Å². The summed E-state index contributed by atoms with van der Waals surface area (Å²) in [6, 6.07) is 7.71. The lowest BCUT2D eigenvalue weighted by atomic mass is 9.71. The van der Waals surface area contributed by atoms with Crippen molar-refractivity contribution in [1.82, 2.24) is 4.98 Å². The van der Waals surface area contributed by atoms with Crippen LogP contribution < -0.4 is 9.64 Å². The van der Waals surface area contributed by atoms with Gasteiger partial charge in [0.05, 0.1) is 19.2 Å². The second kappa shape index (κ2) is 6.09. The van der Waals surface area contributed by atoms with E-state index in [0.29, 0.717) is 6.54 Å². The zero-order valence-corrected chi connectivity index (χ0v) is 14.5. The maximum absolute atomic E-state index is 11.2. The minimum absolute atomic E-state index is 0.0794. The van der Waals surface area contributed by atoms with E-state index in [1.165, 1.54) is 4.90 Å². The highest BCUT2D eigenvalue weighted by molar-refractivity contribution is 5.83. The number of ether oxygens (including phenoxy) is 1. The lowest BCUT2D eigenvalue weighted by molar-refractivity contribution is -0.953. The molecule has 4 heterocycles. The van der Waals surface area contributed by atoms with E-state index in [-0.39, 0.29) is 12.0 Å². The number of aliphatic hydroxyl groups is 2. The molecule has 5 atom stereocenters. The van der Waals surface area contributed by atoms with E-state index >= 15 is 0 Å². The molecule has 25 heavy (non-hydrogen) atoms. The van der Waals surface area contributed by atoms with Gasteiger partial charge in [0.1, 0.15) is 30.0 Å². The third kappa shape index (κ3) is 2.63. The molecule has 3 saturated heterocycles. The van der Waals surface area contributed by atoms with Gasteiger partial charge in [0.2, 0.25) is 0 Å². The number of quaternary nitrogens is 1. The van der Waals surface area contributed by atoms with Crippen LogP contribution in [0.25, 0.3) is 10.9 Å². The number of nitrogens with one attached hydrogen (secondary N) is 1. The summed E-state index contributed by atoms with van der Waals surface area (Å²) in [5.74, 6) is 0.928. The molecule has 5 rings (SSSR count). The molecule has 0 radical (unpaired) electrons. The zero-order valence-electron chi connectivity index (χ0n) is 14.5. The van der Waals surface area contributed by atoms with Gasteiger partial charge in [0.25, 0.3) is 0 Å². The van der Waals surface area contributed by atoms with Crippen LogP contribution in [0.2, 0.25) is 0 Å². The van der Waals surface area contributed by atoms with Gasteiger partial charge in [-0.1, -0.05) is 6.08 Å². The van der Waals surface area contributed by atoms with E-state index in [1.54, 1.807) is 19.4 Å². The van der Waals surface area contributed by atoms with Crippen LogP contribution in [0.4, 0.5) is 0 Å². The Morgan fingerprint density at radius 3 is 2.96 bits per heavy atom. The fraction of sp³-hybridized carbons (Fsp3) is 0.450. The Hall–Kier alpha value is -1.95. The van der Waals surface area contributed by atoms with E-state index in [4.69, 9.17) is 4.74 Å². The Kier molecular flexibility index (Phi) is 4.02. The van der Waals surface area contributed by atoms with Gasteiger partial charge in [-0.05, 0) is 29.8 Å². The number of methoxy groups -OCH3 is 1. The molecule has 3 aliphatic rings. The third-order valence-electron chi connectivity index (χ3n) is 6.13. The van der Waals surface area contributed by atoms with E-state index in [1.807, 2.05) is 24.3 Å². The number of aromatic nitrogens is 1. The molecule has 5 heteroatoms. The van der Waals surface area contributed by atoms with Crippen molar-refractivity contribution in [2.45, 2.75) is 30.6 Å². The van der Waals surface area contributed by atoms with E-state index < -0.39 is 11.7 Å². The Labute approximate surface area is 147 Å². The predicted octanol–water partition coefficient (Wildman–Crippen LogP) is 0.871. The average molecular weight is 341 g/mol. The Morgan fingerprint density at radius 1 is 1.44 bits per heavy atom. The fourth-order valence-corrected chi connectivity index (χ4v) is 4.66. The first-order chi connectivity index (χ1) is 12.1. The standard InChI is InChI=1S/C20H24N2O3/c1-3-20(24)12-22-9-7-13(20)10-18(22)19(23)15-6-8-21-17-5-4-14(25-2)11-16(15)17/h3-6,8,11,13,18-19,23-24H,1,7,9-10,12H2,2H3/p+1/t13-,18-,19+,20+/m0/s1. The SMILES string of the molecule is C=C[C@@]1(O)C[NH+]2CC[C@H]1C[C@H]2[C@H](O)c1ccnc2ccc(OC)cc12. The maximum Gasteiger partial charge on any atom is 0.134 e. The van der Waals surface area contributed by atoms with Gasteiger partial charge in [-0.3, -0.25) is 4.98 Å². The van der Waals surface area contributed by atoms with Crippen LogP contribution in [-0.2, 0) is 0 Å². The lowest BCUT2D eigenvalue weighted by Gasteiger charge is -2.51. The third-order valence-corrected chi connectivity index (χ3v) is 6.13. The molecule has 0 amide bonds. The molecule has 3 N–H and O–H groups in total. The summed E-state index contributed by atoms with van der Waals surface area (Å²) in [5, 5.41) is 22.8. The summed E-state index contributed by atoms with van der Waals surface area (Å²) < 4.78 is 5.33. The number of pyridine rings is 1. The first-order valence-corrected chi connectivity index (χ1v) is 8.87. The van der Waals surface area contributed by atoms with Crippen molar-refractivity contribution in [2.24, 2.45) is 5.92 Å². The van der Waals surface area contributed by atoms with Gasteiger partial charge in [0.15, 0.2) is 0 Å². The number of fused-ring (bicyclic) bond motifs is 4. The average Bonchev–Trinajstić information content (AvgIpc) is 2.66. The molecule has 5 nitrogen and oxygen atoms in total. The number of piperidine rings is 3. The molecule has 0 saturated carbocycles. The summed E-state index contributed by atoms with van der Waals surface area (Å²) in [7, 11) is 1.64. The molecule has 1 aromatic carbocycles. The number of nitrogens with zero attached hydrogens (tertiary/aromatic N) is 1. The molecule has 2 bridgehead atoms. The van der Waals surface area contributed by atoms with Crippen LogP contribution in [-0.4, -0.2) is 47.0 Å². The van der Waals surface area contributed by atoms with Gasteiger partial charge in [-0.25, -0.2) is 0 Å². The second-order valence-corrected chi connectivity index (χ2v) is 7.34. The summed E-state index contributed by atoms with van der Waals surface area (Å²) in [6.07, 6.45) is 4.62. The number of hydrogen-bond donors (Lipinski definition) is 3. The molecular weight excluding hydrogens is 316 g/mol. The molecule has 3 aliphatic heterocycles. The van der Waals surface area contributed by atoms with Gasteiger partial charge in [0, 0.05) is 30.3 Å². The predicted molar refractivity (Wildman–Crippen MR) is 95.6 cm³/mol. The topological polar surface area (TPSA) is 67.0 Å². The molecule has 0 aliphatic carbocycles. The summed E-state index contributed by atoms with van der Waals surface area (Å²) >= 11 is 0. The summed E-state index contributed by atoms with van der Waals surface area (Å²) in [5.41, 5.74) is 0.940. The molecule has 1 aromatic heterocycles. The smallest absolute Gasteiger partial charge is 0.134 e. The van der Waals surface area contributed by atoms with Gasteiger partial charge >= 0.3 is 0 Å². The van der Waals surface area contributed by atoms with Crippen molar-refractivity contribution in [3.63, 3.8) is 0 Å². The van der Waals surface area contributed by atoms with Crippen molar-refractivity contribution in [3.8, 4) is 5.75 Å². The molecule has 3 fully saturated rings. The van der Waals surface area contributed by atoms with E-state index in [0.717, 1.165) is 41.6 Å². The minimum Gasteiger partial charge on any atom is -0.497 e. The largest absolute Gasteiger partial charge is 0.497 e. The van der Waals surface area contributed by atoms with Crippen LogP contribution in [0.5, 0.6) is 5.75 Å². The first-order valence-electron chi connectivity index (χ1n) is 8.87. The highest BCUT2D eigenvalue weighted by Crippen LogP contribution is 2.36. The van der Waals surface area contributed by atoms with E-state index in [2.05, 4.69) is 11.6 Å². The number of benzene rings is 1. The van der Waals surface area contributed by atoms with Crippen LogP contribution in [0.15, 0.2) is 43.1 Å². The van der Waals surface area contributed by atoms with Crippen molar-refractivity contribution < 1.29 is 19.8 Å². The quantitative estimate of drug-likeness (QED) is 0.722. The Bertz CT molecular complexity index is 809. The van der Waals surface area contributed by atoms with Crippen LogP contribution in [0, 0.1) is 5.92 Å². The van der Waals surface area contributed by atoms with Crippen molar-refractivity contribution >= 4 is 10.9 Å². The number of hydrogen-bond acceptors (Lipinski definition) is 4. The molecule has 1 unspecified atom stereocenters. The lowest BCUT2D eigenvalue weighted by Crippen LogP contribution is -3.21. The molecule has 0 spiro atoms. The summed E-state index contributed by atoms with van der Waals surface area (Å²) in [4.78, 5) is 5.66. The molecule has 2 aromatic rings. The minimum atomic E-state index is -0.798.